The van der Waals surface area contributed by atoms with Crippen molar-refractivity contribution in [3.05, 3.63) is 30.1 Å². The van der Waals surface area contributed by atoms with E-state index in [1.54, 1.807) is 12.1 Å². The lowest BCUT2D eigenvalue weighted by atomic mass is 9.97. The monoisotopic (exact) mass is 223 g/mol. The van der Waals surface area contributed by atoms with Gasteiger partial charge in [-0.1, -0.05) is 18.9 Å². The van der Waals surface area contributed by atoms with Crippen LogP contribution < -0.4 is 5.32 Å². The molecule has 2 rings (SSSR count). The Bertz CT molecular complexity index is 400. The SMILES string of the molecule is O=C(O)C1(Nc2cccc(F)c2)CCCC1. The molecule has 1 aromatic rings. The van der Waals surface area contributed by atoms with Crippen molar-refractivity contribution in [3.63, 3.8) is 0 Å². The van der Waals surface area contributed by atoms with Crippen LogP contribution in [0, 0.1) is 5.82 Å². The number of rotatable bonds is 3. The van der Waals surface area contributed by atoms with Crippen LogP contribution in [0.3, 0.4) is 0 Å². The molecule has 0 amide bonds. The number of aliphatic carboxylic acids is 1. The quantitative estimate of drug-likeness (QED) is 0.828. The molecule has 4 heteroatoms. The summed E-state index contributed by atoms with van der Waals surface area (Å²) < 4.78 is 13.0. The van der Waals surface area contributed by atoms with Crippen molar-refractivity contribution in [3.8, 4) is 0 Å². The average Bonchev–Trinajstić information content (AvgIpc) is 2.67. The van der Waals surface area contributed by atoms with E-state index in [4.69, 9.17) is 0 Å². The van der Waals surface area contributed by atoms with Crippen molar-refractivity contribution in [1.82, 2.24) is 0 Å². The highest BCUT2D eigenvalue weighted by Gasteiger charge is 2.41. The number of carboxylic acids is 1. The second-order valence-corrected chi connectivity index (χ2v) is 4.23. The first-order valence-corrected chi connectivity index (χ1v) is 5.40. The maximum atomic E-state index is 13.0. The van der Waals surface area contributed by atoms with Gasteiger partial charge < -0.3 is 10.4 Å². The minimum Gasteiger partial charge on any atom is -0.480 e. The fourth-order valence-electron chi connectivity index (χ4n) is 2.21. The van der Waals surface area contributed by atoms with Gasteiger partial charge in [-0.2, -0.15) is 0 Å². The van der Waals surface area contributed by atoms with Gasteiger partial charge in [0.1, 0.15) is 11.4 Å². The first-order valence-electron chi connectivity index (χ1n) is 5.40. The summed E-state index contributed by atoms with van der Waals surface area (Å²) in [6.07, 6.45) is 2.99. The minimum absolute atomic E-state index is 0.358. The Morgan fingerprint density at radius 2 is 2.06 bits per heavy atom. The van der Waals surface area contributed by atoms with Gasteiger partial charge in [0.25, 0.3) is 0 Å². The lowest BCUT2D eigenvalue weighted by Crippen LogP contribution is -2.43. The third-order valence-corrected chi connectivity index (χ3v) is 3.07. The van der Waals surface area contributed by atoms with Gasteiger partial charge in [0.05, 0.1) is 0 Å². The lowest BCUT2D eigenvalue weighted by molar-refractivity contribution is -0.142. The van der Waals surface area contributed by atoms with E-state index in [2.05, 4.69) is 5.32 Å². The van der Waals surface area contributed by atoms with Gasteiger partial charge in [-0.25, -0.2) is 9.18 Å². The lowest BCUT2D eigenvalue weighted by Gasteiger charge is -2.26. The highest BCUT2D eigenvalue weighted by atomic mass is 19.1. The van der Waals surface area contributed by atoms with E-state index in [1.807, 2.05) is 0 Å². The number of carbonyl (C=O) groups is 1. The van der Waals surface area contributed by atoms with E-state index >= 15 is 0 Å². The topological polar surface area (TPSA) is 49.3 Å². The molecule has 0 unspecified atom stereocenters. The third kappa shape index (κ3) is 2.01. The minimum atomic E-state index is -0.909. The Labute approximate surface area is 93.3 Å². The predicted octanol–water partition coefficient (Wildman–Crippen LogP) is 2.64. The molecule has 16 heavy (non-hydrogen) atoms. The summed E-state index contributed by atoms with van der Waals surface area (Å²) in [6, 6.07) is 5.92. The zero-order valence-electron chi connectivity index (χ0n) is 8.87. The van der Waals surface area contributed by atoms with Crippen molar-refractivity contribution in [2.24, 2.45) is 0 Å². The number of nitrogens with one attached hydrogen (secondary N) is 1. The Kier molecular flexibility index (Phi) is 2.81. The van der Waals surface area contributed by atoms with Crippen LogP contribution in [0.15, 0.2) is 24.3 Å². The number of benzene rings is 1. The molecule has 0 aliphatic heterocycles. The van der Waals surface area contributed by atoms with Crippen LogP contribution in [-0.2, 0) is 4.79 Å². The molecule has 3 nitrogen and oxygen atoms in total. The fraction of sp³-hybridized carbons (Fsp3) is 0.417. The van der Waals surface area contributed by atoms with Crippen molar-refractivity contribution in [2.75, 3.05) is 5.32 Å². The zero-order chi connectivity index (χ0) is 11.6. The first kappa shape index (κ1) is 10.9. The summed E-state index contributed by atoms with van der Waals surface area (Å²) in [6.45, 7) is 0. The Morgan fingerprint density at radius 1 is 1.38 bits per heavy atom. The molecule has 86 valence electrons. The van der Waals surface area contributed by atoms with Crippen LogP contribution >= 0.6 is 0 Å². The van der Waals surface area contributed by atoms with Crippen LogP contribution in [0.4, 0.5) is 10.1 Å². The fourth-order valence-corrected chi connectivity index (χ4v) is 2.21. The van der Waals surface area contributed by atoms with E-state index in [0.717, 1.165) is 12.8 Å². The summed E-state index contributed by atoms with van der Waals surface area (Å²) in [5.41, 5.74) is -0.377. The van der Waals surface area contributed by atoms with Gasteiger partial charge >= 0.3 is 5.97 Å². The first-order chi connectivity index (χ1) is 7.62. The Morgan fingerprint density at radius 3 is 2.62 bits per heavy atom. The number of halogens is 1. The Balaban J connectivity index is 2.21. The van der Waals surface area contributed by atoms with Crippen LogP contribution in [0.5, 0.6) is 0 Å². The molecule has 1 fully saturated rings. The number of hydrogen-bond donors (Lipinski definition) is 2. The molecule has 0 radical (unpaired) electrons. The standard InChI is InChI=1S/C12H14FNO2/c13-9-4-3-5-10(8-9)14-12(11(15)16)6-1-2-7-12/h3-5,8,14H,1-2,6-7H2,(H,15,16). The van der Waals surface area contributed by atoms with E-state index < -0.39 is 11.5 Å². The summed E-state index contributed by atoms with van der Waals surface area (Å²) in [4.78, 5) is 11.3. The van der Waals surface area contributed by atoms with Gasteiger partial charge in [0.15, 0.2) is 0 Å². The maximum Gasteiger partial charge on any atom is 0.329 e. The summed E-state index contributed by atoms with van der Waals surface area (Å²) >= 11 is 0. The normalized spacial score (nSPS) is 18.3. The highest BCUT2D eigenvalue weighted by molar-refractivity contribution is 5.83. The average molecular weight is 223 g/mol. The second kappa shape index (κ2) is 4.12. The predicted molar refractivity (Wildman–Crippen MR) is 58.9 cm³/mol. The van der Waals surface area contributed by atoms with E-state index in [1.165, 1.54) is 12.1 Å². The second-order valence-electron chi connectivity index (χ2n) is 4.23. The smallest absolute Gasteiger partial charge is 0.329 e. The van der Waals surface area contributed by atoms with Gasteiger partial charge in [-0.15, -0.1) is 0 Å². The Hall–Kier alpha value is -1.58. The van der Waals surface area contributed by atoms with Crippen LogP contribution in [0.2, 0.25) is 0 Å². The van der Waals surface area contributed by atoms with Crippen LogP contribution in [0.1, 0.15) is 25.7 Å². The molecular weight excluding hydrogens is 209 g/mol. The van der Waals surface area contributed by atoms with E-state index in [-0.39, 0.29) is 5.82 Å². The van der Waals surface area contributed by atoms with Crippen molar-refractivity contribution < 1.29 is 14.3 Å². The van der Waals surface area contributed by atoms with Crippen molar-refractivity contribution in [1.29, 1.82) is 0 Å². The molecule has 0 saturated heterocycles. The zero-order valence-corrected chi connectivity index (χ0v) is 8.87. The number of hydrogen-bond acceptors (Lipinski definition) is 2. The summed E-state index contributed by atoms with van der Waals surface area (Å²) in [5, 5.41) is 12.2. The number of anilines is 1. The molecule has 0 aromatic heterocycles. The largest absolute Gasteiger partial charge is 0.480 e. The molecule has 1 aliphatic rings. The van der Waals surface area contributed by atoms with Crippen molar-refractivity contribution >= 4 is 11.7 Å². The number of carboxylic acid groups (broad SMARTS) is 1. The molecule has 1 aliphatic carbocycles. The van der Waals surface area contributed by atoms with Gasteiger partial charge in [-0.3, -0.25) is 0 Å². The third-order valence-electron chi connectivity index (χ3n) is 3.07. The van der Waals surface area contributed by atoms with E-state index in [0.29, 0.717) is 18.5 Å². The van der Waals surface area contributed by atoms with Gasteiger partial charge in [0, 0.05) is 5.69 Å². The van der Waals surface area contributed by atoms with Crippen LogP contribution in [0.25, 0.3) is 0 Å². The maximum absolute atomic E-state index is 13.0. The highest BCUT2D eigenvalue weighted by Crippen LogP contribution is 2.33. The molecule has 0 atom stereocenters. The van der Waals surface area contributed by atoms with Crippen LogP contribution in [-0.4, -0.2) is 16.6 Å². The summed E-state index contributed by atoms with van der Waals surface area (Å²) in [5.74, 6) is -1.21. The molecule has 0 heterocycles. The summed E-state index contributed by atoms with van der Waals surface area (Å²) in [7, 11) is 0. The van der Waals surface area contributed by atoms with Crippen molar-refractivity contribution in [2.45, 2.75) is 31.2 Å². The van der Waals surface area contributed by atoms with Gasteiger partial charge in [0.2, 0.25) is 0 Å². The molecule has 1 aromatic carbocycles. The molecule has 2 N–H and O–H groups in total. The van der Waals surface area contributed by atoms with E-state index in [9.17, 15) is 14.3 Å². The molecule has 1 saturated carbocycles. The molecule has 0 bridgehead atoms. The molecule has 0 spiro atoms. The van der Waals surface area contributed by atoms with Gasteiger partial charge in [-0.05, 0) is 31.0 Å². The molecular formula is C12H14FNO2.